The smallest absolute Gasteiger partial charge is 0.117 e. The third kappa shape index (κ3) is 2.55. The number of hydrogen-bond donors (Lipinski definition) is 4. The van der Waals surface area contributed by atoms with Gasteiger partial charge in [-0.3, -0.25) is 5.32 Å². The molecule has 0 fully saturated rings. The van der Waals surface area contributed by atoms with Crippen LogP contribution in [-0.4, -0.2) is 40.7 Å². The van der Waals surface area contributed by atoms with Gasteiger partial charge in [0.05, 0.1) is 38.2 Å². The summed E-state index contributed by atoms with van der Waals surface area (Å²) >= 11 is 0. The molecule has 0 aliphatic rings. The molecule has 0 bridgehead atoms. The molecule has 0 unspecified atom stereocenters. The Bertz CT molecular complexity index is 235. The summed E-state index contributed by atoms with van der Waals surface area (Å²) in [6.07, 6.45) is 1.54. The summed E-state index contributed by atoms with van der Waals surface area (Å²) in [6.45, 7) is -0.642. The summed E-state index contributed by atoms with van der Waals surface area (Å²) in [6, 6.07) is 3.51. The number of aliphatic hydroxyl groups is 3. The van der Waals surface area contributed by atoms with Crippen molar-refractivity contribution in [3.05, 3.63) is 24.2 Å². The lowest BCUT2D eigenvalue weighted by atomic mass is 10.0. The van der Waals surface area contributed by atoms with Gasteiger partial charge in [0.1, 0.15) is 5.76 Å². The van der Waals surface area contributed by atoms with Gasteiger partial charge in [0, 0.05) is 0 Å². The van der Waals surface area contributed by atoms with Gasteiger partial charge in [0.25, 0.3) is 0 Å². The number of hydrogen-bond acceptors (Lipinski definition) is 5. The van der Waals surface area contributed by atoms with Crippen LogP contribution in [0.15, 0.2) is 22.8 Å². The van der Waals surface area contributed by atoms with E-state index < -0.39 is 5.54 Å². The summed E-state index contributed by atoms with van der Waals surface area (Å²) in [5, 5.41) is 29.8. The van der Waals surface area contributed by atoms with Crippen molar-refractivity contribution in [3.63, 3.8) is 0 Å². The van der Waals surface area contributed by atoms with Crippen LogP contribution in [0.1, 0.15) is 5.76 Å². The molecule has 0 aromatic carbocycles. The fourth-order valence-corrected chi connectivity index (χ4v) is 1.01. The second-order valence-electron chi connectivity index (χ2n) is 3.19. The Labute approximate surface area is 82.0 Å². The summed E-state index contributed by atoms with van der Waals surface area (Å²) in [5.41, 5.74) is -1.05. The monoisotopic (exact) mass is 201 g/mol. The van der Waals surface area contributed by atoms with Crippen molar-refractivity contribution < 1.29 is 19.7 Å². The zero-order valence-corrected chi connectivity index (χ0v) is 7.81. The van der Waals surface area contributed by atoms with Crippen LogP contribution < -0.4 is 5.32 Å². The van der Waals surface area contributed by atoms with Crippen LogP contribution in [0, 0.1) is 0 Å². The molecule has 14 heavy (non-hydrogen) atoms. The standard InChI is InChI=1S/C9H15NO4/c11-5-9(6-12,7-13)10-4-8-2-1-3-14-8/h1-3,10-13H,4-7H2. The number of furan rings is 1. The van der Waals surface area contributed by atoms with E-state index >= 15 is 0 Å². The minimum absolute atomic E-state index is 0.333. The lowest BCUT2D eigenvalue weighted by molar-refractivity contribution is 0.0402. The van der Waals surface area contributed by atoms with Crippen molar-refractivity contribution in [1.29, 1.82) is 0 Å². The van der Waals surface area contributed by atoms with Crippen LogP contribution in [-0.2, 0) is 6.54 Å². The van der Waals surface area contributed by atoms with E-state index in [0.29, 0.717) is 12.3 Å². The Morgan fingerprint density at radius 3 is 2.29 bits per heavy atom. The van der Waals surface area contributed by atoms with Gasteiger partial charge < -0.3 is 19.7 Å². The molecule has 5 nitrogen and oxygen atoms in total. The molecule has 1 aromatic heterocycles. The Morgan fingerprint density at radius 1 is 1.21 bits per heavy atom. The van der Waals surface area contributed by atoms with Crippen LogP contribution in [0.3, 0.4) is 0 Å². The maximum Gasteiger partial charge on any atom is 0.117 e. The Balaban J connectivity index is 2.48. The van der Waals surface area contributed by atoms with E-state index in [1.807, 2.05) is 0 Å². The predicted molar refractivity (Wildman–Crippen MR) is 49.5 cm³/mol. The molecule has 0 spiro atoms. The van der Waals surface area contributed by atoms with Crippen LogP contribution in [0.2, 0.25) is 0 Å². The molecule has 0 amide bonds. The zero-order chi connectivity index (χ0) is 10.4. The minimum atomic E-state index is -1.05. The second-order valence-corrected chi connectivity index (χ2v) is 3.19. The number of rotatable bonds is 6. The first-order chi connectivity index (χ1) is 6.76. The molecule has 1 aromatic rings. The van der Waals surface area contributed by atoms with Gasteiger partial charge in [-0.1, -0.05) is 0 Å². The first kappa shape index (κ1) is 11.2. The third-order valence-corrected chi connectivity index (χ3v) is 2.13. The van der Waals surface area contributed by atoms with E-state index in [4.69, 9.17) is 19.7 Å². The van der Waals surface area contributed by atoms with Gasteiger partial charge in [-0.05, 0) is 12.1 Å². The normalized spacial score (nSPS) is 11.9. The van der Waals surface area contributed by atoms with Gasteiger partial charge in [0.2, 0.25) is 0 Å². The molecule has 1 heterocycles. The summed E-state index contributed by atoms with van der Waals surface area (Å²) in [5.74, 6) is 0.685. The van der Waals surface area contributed by atoms with Gasteiger partial charge in [-0.15, -0.1) is 0 Å². The Kier molecular flexibility index (Phi) is 4.09. The van der Waals surface area contributed by atoms with Crippen molar-refractivity contribution in [2.75, 3.05) is 19.8 Å². The molecular formula is C9H15NO4. The highest BCUT2D eigenvalue weighted by molar-refractivity contribution is 4.99. The lowest BCUT2D eigenvalue weighted by Crippen LogP contribution is -2.54. The fraction of sp³-hybridized carbons (Fsp3) is 0.556. The highest BCUT2D eigenvalue weighted by Crippen LogP contribution is 2.05. The quantitative estimate of drug-likeness (QED) is 0.478. The molecule has 0 saturated carbocycles. The maximum atomic E-state index is 8.99. The third-order valence-electron chi connectivity index (χ3n) is 2.13. The first-order valence-electron chi connectivity index (χ1n) is 4.36. The molecule has 0 saturated heterocycles. The van der Waals surface area contributed by atoms with Gasteiger partial charge >= 0.3 is 0 Å². The van der Waals surface area contributed by atoms with Gasteiger partial charge in [0.15, 0.2) is 0 Å². The van der Waals surface area contributed by atoms with E-state index in [1.54, 1.807) is 12.1 Å². The summed E-state index contributed by atoms with van der Waals surface area (Å²) in [7, 11) is 0. The van der Waals surface area contributed by atoms with Gasteiger partial charge in [-0.2, -0.15) is 0 Å². The largest absolute Gasteiger partial charge is 0.468 e. The van der Waals surface area contributed by atoms with Crippen LogP contribution in [0.5, 0.6) is 0 Å². The van der Waals surface area contributed by atoms with E-state index in [-0.39, 0.29) is 19.8 Å². The summed E-state index contributed by atoms with van der Waals surface area (Å²) < 4.78 is 5.05. The molecule has 0 radical (unpaired) electrons. The molecule has 5 heteroatoms. The molecular weight excluding hydrogens is 186 g/mol. The van der Waals surface area contributed by atoms with Crippen molar-refractivity contribution in [2.45, 2.75) is 12.1 Å². The highest BCUT2D eigenvalue weighted by Gasteiger charge is 2.27. The maximum absolute atomic E-state index is 8.99. The topological polar surface area (TPSA) is 85.9 Å². The first-order valence-corrected chi connectivity index (χ1v) is 4.36. The van der Waals surface area contributed by atoms with Crippen LogP contribution in [0.4, 0.5) is 0 Å². The molecule has 80 valence electrons. The predicted octanol–water partition coefficient (Wildman–Crippen LogP) is -0.915. The number of nitrogens with one attached hydrogen (secondary N) is 1. The average molecular weight is 201 g/mol. The van der Waals surface area contributed by atoms with Crippen molar-refractivity contribution in [1.82, 2.24) is 5.32 Å². The SMILES string of the molecule is OCC(CO)(CO)NCc1ccco1. The number of aliphatic hydroxyl groups excluding tert-OH is 3. The molecule has 1 rings (SSSR count). The van der Waals surface area contributed by atoms with E-state index in [1.165, 1.54) is 6.26 Å². The van der Waals surface area contributed by atoms with Crippen LogP contribution in [0.25, 0.3) is 0 Å². The second kappa shape index (κ2) is 5.11. The molecule has 0 aliphatic carbocycles. The van der Waals surface area contributed by atoms with Crippen molar-refractivity contribution in [3.8, 4) is 0 Å². The highest BCUT2D eigenvalue weighted by atomic mass is 16.3. The Hall–Kier alpha value is -0.880. The van der Waals surface area contributed by atoms with E-state index in [9.17, 15) is 0 Å². The zero-order valence-electron chi connectivity index (χ0n) is 7.81. The lowest BCUT2D eigenvalue weighted by Gasteiger charge is -2.28. The molecule has 0 aliphatic heterocycles. The van der Waals surface area contributed by atoms with E-state index in [0.717, 1.165) is 0 Å². The van der Waals surface area contributed by atoms with Crippen molar-refractivity contribution >= 4 is 0 Å². The van der Waals surface area contributed by atoms with Crippen LogP contribution >= 0.6 is 0 Å². The minimum Gasteiger partial charge on any atom is -0.468 e. The molecule has 0 atom stereocenters. The average Bonchev–Trinajstić information content (AvgIpc) is 2.74. The van der Waals surface area contributed by atoms with Crippen molar-refractivity contribution in [2.24, 2.45) is 0 Å². The molecule has 4 N–H and O–H groups in total. The fourth-order valence-electron chi connectivity index (χ4n) is 1.01. The Morgan fingerprint density at radius 2 is 1.86 bits per heavy atom. The van der Waals surface area contributed by atoms with Gasteiger partial charge in [-0.25, -0.2) is 0 Å². The summed E-state index contributed by atoms with van der Waals surface area (Å²) in [4.78, 5) is 0. The van der Waals surface area contributed by atoms with E-state index in [2.05, 4.69) is 5.32 Å².